The first kappa shape index (κ1) is 13.9. The Bertz CT molecular complexity index is 586. The second-order valence-corrected chi connectivity index (χ2v) is 4.16. The number of ether oxygens (including phenoxy) is 2. The number of carboxylic acids is 1. The largest absolute Gasteiger partial charge is 0.496 e. The van der Waals surface area contributed by atoms with E-state index < -0.39 is 5.97 Å². The zero-order valence-corrected chi connectivity index (χ0v) is 11.3. The average molecular weight is 273 g/mol. The molecule has 1 aromatic heterocycles. The SMILES string of the molecule is COc1cccc(OC)c1-c1ccc(CC(=O)O)cn1. The number of carbonyl (C=O) groups is 1. The van der Waals surface area contributed by atoms with Crippen molar-refractivity contribution in [3.8, 4) is 22.8 Å². The van der Waals surface area contributed by atoms with Gasteiger partial charge in [0, 0.05) is 6.20 Å². The maximum absolute atomic E-state index is 10.7. The summed E-state index contributed by atoms with van der Waals surface area (Å²) in [5.74, 6) is 0.431. The summed E-state index contributed by atoms with van der Waals surface area (Å²) < 4.78 is 10.6. The predicted molar refractivity (Wildman–Crippen MR) is 74.1 cm³/mol. The lowest BCUT2D eigenvalue weighted by molar-refractivity contribution is -0.136. The van der Waals surface area contributed by atoms with E-state index in [0.717, 1.165) is 5.56 Å². The van der Waals surface area contributed by atoms with Crippen LogP contribution in [0.3, 0.4) is 0 Å². The van der Waals surface area contributed by atoms with Gasteiger partial charge in [-0.25, -0.2) is 0 Å². The molecule has 0 aliphatic heterocycles. The Kier molecular flexibility index (Phi) is 4.20. The molecule has 0 atom stereocenters. The molecule has 0 radical (unpaired) electrons. The van der Waals surface area contributed by atoms with Crippen molar-refractivity contribution in [2.24, 2.45) is 0 Å². The first-order chi connectivity index (χ1) is 9.65. The van der Waals surface area contributed by atoms with Gasteiger partial charge in [-0.3, -0.25) is 9.78 Å². The Morgan fingerprint density at radius 1 is 1.15 bits per heavy atom. The predicted octanol–water partition coefficient (Wildman–Crippen LogP) is 2.39. The van der Waals surface area contributed by atoms with Crippen LogP contribution in [0.25, 0.3) is 11.3 Å². The summed E-state index contributed by atoms with van der Waals surface area (Å²) >= 11 is 0. The highest BCUT2D eigenvalue weighted by Gasteiger charge is 2.13. The van der Waals surface area contributed by atoms with Crippen LogP contribution >= 0.6 is 0 Å². The van der Waals surface area contributed by atoms with Crippen LogP contribution in [-0.2, 0) is 11.2 Å². The summed E-state index contributed by atoms with van der Waals surface area (Å²) in [6.45, 7) is 0. The molecule has 0 aliphatic carbocycles. The lowest BCUT2D eigenvalue weighted by Crippen LogP contribution is -2.01. The van der Waals surface area contributed by atoms with Crippen molar-refractivity contribution in [3.05, 3.63) is 42.1 Å². The standard InChI is InChI=1S/C15H15NO4/c1-19-12-4-3-5-13(20-2)15(12)11-7-6-10(9-16-11)8-14(17)18/h3-7,9H,8H2,1-2H3,(H,17,18). The molecule has 2 aromatic rings. The van der Waals surface area contributed by atoms with E-state index in [2.05, 4.69) is 4.98 Å². The molecule has 0 bridgehead atoms. The van der Waals surface area contributed by atoms with Gasteiger partial charge in [-0.15, -0.1) is 0 Å². The molecule has 0 spiro atoms. The number of hydrogen-bond acceptors (Lipinski definition) is 4. The first-order valence-electron chi connectivity index (χ1n) is 6.03. The third-order valence-electron chi connectivity index (χ3n) is 2.86. The molecular formula is C15H15NO4. The number of aromatic nitrogens is 1. The second-order valence-electron chi connectivity index (χ2n) is 4.16. The third-order valence-corrected chi connectivity index (χ3v) is 2.86. The van der Waals surface area contributed by atoms with Gasteiger partial charge < -0.3 is 14.6 Å². The Morgan fingerprint density at radius 3 is 2.25 bits per heavy atom. The number of benzene rings is 1. The van der Waals surface area contributed by atoms with E-state index in [4.69, 9.17) is 14.6 Å². The van der Waals surface area contributed by atoms with Crippen molar-refractivity contribution in [1.82, 2.24) is 4.98 Å². The lowest BCUT2D eigenvalue weighted by Gasteiger charge is -2.12. The fourth-order valence-electron chi connectivity index (χ4n) is 1.96. The number of carboxylic acid groups (broad SMARTS) is 1. The van der Waals surface area contributed by atoms with Crippen LogP contribution in [0.5, 0.6) is 11.5 Å². The summed E-state index contributed by atoms with van der Waals surface area (Å²) in [6, 6.07) is 8.98. The van der Waals surface area contributed by atoms with Crippen molar-refractivity contribution in [1.29, 1.82) is 0 Å². The molecular weight excluding hydrogens is 258 g/mol. The number of hydrogen-bond donors (Lipinski definition) is 1. The van der Waals surface area contributed by atoms with Crippen LogP contribution in [-0.4, -0.2) is 30.3 Å². The normalized spacial score (nSPS) is 10.1. The van der Waals surface area contributed by atoms with Gasteiger partial charge >= 0.3 is 5.97 Å². The summed E-state index contributed by atoms with van der Waals surface area (Å²) in [4.78, 5) is 15.0. The number of rotatable bonds is 5. The Balaban J connectivity index is 2.43. The second kappa shape index (κ2) is 6.06. The van der Waals surface area contributed by atoms with E-state index in [0.29, 0.717) is 22.8 Å². The van der Waals surface area contributed by atoms with Crippen LogP contribution in [0.4, 0.5) is 0 Å². The van der Waals surface area contributed by atoms with Crippen molar-refractivity contribution < 1.29 is 19.4 Å². The molecule has 1 N–H and O–H groups in total. The Hall–Kier alpha value is -2.56. The van der Waals surface area contributed by atoms with Gasteiger partial charge in [0.15, 0.2) is 0 Å². The van der Waals surface area contributed by atoms with E-state index in [-0.39, 0.29) is 6.42 Å². The summed E-state index contributed by atoms with van der Waals surface area (Å²) in [7, 11) is 3.16. The minimum atomic E-state index is -0.880. The molecule has 5 heteroatoms. The molecule has 1 heterocycles. The van der Waals surface area contributed by atoms with Gasteiger partial charge in [0.1, 0.15) is 11.5 Å². The molecule has 20 heavy (non-hydrogen) atoms. The molecule has 1 aromatic carbocycles. The zero-order valence-electron chi connectivity index (χ0n) is 11.3. The fraction of sp³-hybridized carbons (Fsp3) is 0.200. The minimum Gasteiger partial charge on any atom is -0.496 e. The highest BCUT2D eigenvalue weighted by atomic mass is 16.5. The van der Waals surface area contributed by atoms with E-state index in [9.17, 15) is 4.79 Å². The van der Waals surface area contributed by atoms with E-state index in [1.807, 2.05) is 18.2 Å². The van der Waals surface area contributed by atoms with Gasteiger partial charge in [0.05, 0.1) is 31.9 Å². The number of nitrogens with zero attached hydrogens (tertiary/aromatic N) is 1. The summed E-state index contributed by atoms with van der Waals surface area (Å²) in [5, 5.41) is 8.75. The van der Waals surface area contributed by atoms with Crippen molar-refractivity contribution >= 4 is 5.97 Å². The first-order valence-corrected chi connectivity index (χ1v) is 6.03. The Morgan fingerprint density at radius 2 is 1.80 bits per heavy atom. The van der Waals surface area contributed by atoms with Crippen molar-refractivity contribution in [3.63, 3.8) is 0 Å². The monoisotopic (exact) mass is 273 g/mol. The molecule has 0 saturated heterocycles. The maximum atomic E-state index is 10.7. The highest BCUT2D eigenvalue weighted by Crippen LogP contribution is 2.36. The van der Waals surface area contributed by atoms with Gasteiger partial charge in [-0.2, -0.15) is 0 Å². The van der Waals surface area contributed by atoms with Crippen LogP contribution < -0.4 is 9.47 Å². The van der Waals surface area contributed by atoms with E-state index in [1.165, 1.54) is 0 Å². The lowest BCUT2D eigenvalue weighted by atomic mass is 10.1. The smallest absolute Gasteiger partial charge is 0.307 e. The summed E-state index contributed by atoms with van der Waals surface area (Å²) in [6.07, 6.45) is 1.51. The van der Waals surface area contributed by atoms with E-state index >= 15 is 0 Å². The molecule has 0 fully saturated rings. The topological polar surface area (TPSA) is 68.7 Å². The van der Waals surface area contributed by atoms with Gasteiger partial charge in [-0.05, 0) is 23.8 Å². The molecule has 2 rings (SSSR count). The van der Waals surface area contributed by atoms with Crippen LogP contribution in [0.1, 0.15) is 5.56 Å². The molecule has 0 unspecified atom stereocenters. The molecule has 5 nitrogen and oxygen atoms in total. The summed E-state index contributed by atoms with van der Waals surface area (Å²) in [5.41, 5.74) is 2.07. The number of pyridine rings is 1. The van der Waals surface area contributed by atoms with Gasteiger partial charge in [-0.1, -0.05) is 12.1 Å². The fourth-order valence-corrected chi connectivity index (χ4v) is 1.96. The van der Waals surface area contributed by atoms with Crippen molar-refractivity contribution in [2.75, 3.05) is 14.2 Å². The minimum absolute atomic E-state index is 0.0453. The average Bonchev–Trinajstić information content (AvgIpc) is 2.46. The Labute approximate surface area is 116 Å². The third kappa shape index (κ3) is 2.88. The number of aliphatic carboxylic acids is 1. The molecule has 104 valence electrons. The van der Waals surface area contributed by atoms with Crippen LogP contribution in [0.2, 0.25) is 0 Å². The molecule has 0 amide bonds. The molecule has 0 saturated carbocycles. The number of methoxy groups -OCH3 is 2. The van der Waals surface area contributed by atoms with Crippen LogP contribution in [0.15, 0.2) is 36.5 Å². The molecule has 0 aliphatic rings. The quantitative estimate of drug-likeness (QED) is 0.905. The zero-order chi connectivity index (χ0) is 14.5. The van der Waals surface area contributed by atoms with Crippen LogP contribution in [0, 0.1) is 0 Å². The highest BCUT2D eigenvalue weighted by molar-refractivity contribution is 5.75. The van der Waals surface area contributed by atoms with Gasteiger partial charge in [0.2, 0.25) is 0 Å². The van der Waals surface area contributed by atoms with Crippen molar-refractivity contribution in [2.45, 2.75) is 6.42 Å². The van der Waals surface area contributed by atoms with Gasteiger partial charge in [0.25, 0.3) is 0 Å². The maximum Gasteiger partial charge on any atom is 0.307 e. The van der Waals surface area contributed by atoms with E-state index in [1.54, 1.807) is 32.5 Å².